The van der Waals surface area contributed by atoms with Gasteiger partial charge >= 0.3 is 0 Å². The Bertz CT molecular complexity index is 319. The molecule has 1 heterocycles. The average molecular weight is 220 g/mol. The Kier molecular flexibility index (Phi) is 2.67. The molecule has 2 aliphatic rings. The zero-order chi connectivity index (χ0) is 10.8. The van der Waals surface area contributed by atoms with Crippen molar-refractivity contribution in [3.8, 4) is 0 Å². The number of nitrogens with zero attached hydrogens (tertiary/aromatic N) is 2. The lowest BCUT2D eigenvalue weighted by Gasteiger charge is -2.29. The first-order valence-corrected chi connectivity index (χ1v) is 6.44. The van der Waals surface area contributed by atoms with Crippen molar-refractivity contribution < 1.29 is 0 Å². The van der Waals surface area contributed by atoms with Gasteiger partial charge in [0.15, 0.2) is 0 Å². The van der Waals surface area contributed by atoms with Crippen molar-refractivity contribution in [3.63, 3.8) is 0 Å². The molecule has 4 nitrogen and oxygen atoms in total. The quantitative estimate of drug-likeness (QED) is 0.811. The van der Waals surface area contributed by atoms with Gasteiger partial charge in [-0.25, -0.2) is 4.98 Å². The second kappa shape index (κ2) is 4.17. The van der Waals surface area contributed by atoms with Crippen molar-refractivity contribution in [1.29, 1.82) is 0 Å². The van der Waals surface area contributed by atoms with E-state index in [0.29, 0.717) is 0 Å². The number of nitrogens with one attached hydrogen (secondary N) is 2. The van der Waals surface area contributed by atoms with Gasteiger partial charge in [0.2, 0.25) is 0 Å². The Morgan fingerprint density at radius 1 is 1.31 bits per heavy atom. The summed E-state index contributed by atoms with van der Waals surface area (Å²) in [7, 11) is 0. The standard InChI is InChI=1S/C12H20N4/c1-4-12(6-7-12)5-2-10(1)13-8-3-11-14-9-15-16-11/h9-10,13H,1-8H2,(H,14,15,16). The zero-order valence-electron chi connectivity index (χ0n) is 9.71. The number of rotatable bonds is 4. The number of aromatic nitrogens is 3. The van der Waals surface area contributed by atoms with Crippen molar-refractivity contribution in [2.75, 3.05) is 6.54 Å². The van der Waals surface area contributed by atoms with Crippen LogP contribution in [-0.4, -0.2) is 27.8 Å². The van der Waals surface area contributed by atoms with Gasteiger partial charge < -0.3 is 5.32 Å². The molecule has 0 amide bonds. The minimum absolute atomic E-state index is 0.745. The highest BCUT2D eigenvalue weighted by Gasteiger charge is 2.44. The van der Waals surface area contributed by atoms with E-state index >= 15 is 0 Å². The monoisotopic (exact) mass is 220 g/mol. The van der Waals surface area contributed by atoms with Crippen molar-refractivity contribution in [1.82, 2.24) is 20.5 Å². The van der Waals surface area contributed by atoms with Crippen LogP contribution < -0.4 is 5.32 Å². The summed E-state index contributed by atoms with van der Waals surface area (Å²) < 4.78 is 0. The van der Waals surface area contributed by atoms with Gasteiger partial charge in [0, 0.05) is 19.0 Å². The van der Waals surface area contributed by atoms with E-state index in [4.69, 9.17) is 0 Å². The number of aromatic amines is 1. The molecule has 0 radical (unpaired) electrons. The molecular formula is C12H20N4. The Morgan fingerprint density at radius 2 is 2.12 bits per heavy atom. The molecule has 0 aromatic carbocycles. The molecule has 1 aromatic rings. The van der Waals surface area contributed by atoms with Gasteiger partial charge in [0.05, 0.1) is 0 Å². The molecule has 16 heavy (non-hydrogen) atoms. The summed E-state index contributed by atoms with van der Waals surface area (Å²) in [5.74, 6) is 0.988. The van der Waals surface area contributed by atoms with Crippen LogP contribution in [0.25, 0.3) is 0 Å². The van der Waals surface area contributed by atoms with Crippen LogP contribution >= 0.6 is 0 Å². The maximum Gasteiger partial charge on any atom is 0.137 e. The van der Waals surface area contributed by atoms with Crippen LogP contribution in [0.5, 0.6) is 0 Å². The Labute approximate surface area is 96.2 Å². The van der Waals surface area contributed by atoms with Crippen molar-refractivity contribution >= 4 is 0 Å². The molecule has 0 unspecified atom stereocenters. The van der Waals surface area contributed by atoms with Crippen LogP contribution in [0.2, 0.25) is 0 Å². The molecule has 0 bridgehead atoms. The topological polar surface area (TPSA) is 53.6 Å². The van der Waals surface area contributed by atoms with Crippen LogP contribution in [0.1, 0.15) is 44.3 Å². The second-order valence-corrected chi connectivity index (χ2v) is 5.41. The molecule has 0 atom stereocenters. The molecule has 2 saturated carbocycles. The van der Waals surface area contributed by atoms with Crippen molar-refractivity contribution in [3.05, 3.63) is 12.2 Å². The van der Waals surface area contributed by atoms with Gasteiger partial charge in [-0.05, 0) is 43.9 Å². The molecule has 1 aromatic heterocycles. The predicted molar refractivity (Wildman–Crippen MR) is 62.0 cm³/mol. The van der Waals surface area contributed by atoms with E-state index in [1.807, 2.05) is 0 Å². The minimum Gasteiger partial charge on any atom is -0.314 e. The van der Waals surface area contributed by atoms with Crippen LogP contribution in [0.3, 0.4) is 0 Å². The summed E-state index contributed by atoms with van der Waals surface area (Å²) in [5, 5.41) is 10.4. The first-order chi connectivity index (χ1) is 7.86. The van der Waals surface area contributed by atoms with E-state index in [9.17, 15) is 0 Å². The first kappa shape index (κ1) is 10.3. The van der Waals surface area contributed by atoms with Crippen LogP contribution in [0.4, 0.5) is 0 Å². The molecule has 4 heteroatoms. The summed E-state index contributed by atoms with van der Waals surface area (Å²) in [6.07, 6.45) is 11.2. The second-order valence-electron chi connectivity index (χ2n) is 5.41. The third-order valence-electron chi connectivity index (χ3n) is 4.26. The number of H-pyrrole nitrogens is 1. The number of hydrogen-bond donors (Lipinski definition) is 2. The lowest BCUT2D eigenvalue weighted by molar-refractivity contribution is 0.275. The fourth-order valence-electron chi connectivity index (χ4n) is 2.86. The largest absolute Gasteiger partial charge is 0.314 e. The molecule has 88 valence electrons. The van der Waals surface area contributed by atoms with Crippen molar-refractivity contribution in [2.45, 2.75) is 51.0 Å². The molecule has 0 aliphatic heterocycles. The predicted octanol–water partition coefficient (Wildman–Crippen LogP) is 1.66. The SMILES string of the molecule is c1n[nH]c(CCNC2CCC3(CC2)CC3)n1. The van der Waals surface area contributed by atoms with Crippen LogP contribution in [0, 0.1) is 5.41 Å². The molecular weight excluding hydrogens is 200 g/mol. The summed E-state index contributed by atoms with van der Waals surface area (Å²) in [6, 6.07) is 0.745. The highest BCUT2D eigenvalue weighted by Crippen LogP contribution is 2.55. The van der Waals surface area contributed by atoms with E-state index in [0.717, 1.165) is 30.2 Å². The maximum absolute atomic E-state index is 4.13. The third-order valence-corrected chi connectivity index (χ3v) is 4.26. The van der Waals surface area contributed by atoms with E-state index in [2.05, 4.69) is 20.5 Å². The fraction of sp³-hybridized carbons (Fsp3) is 0.833. The highest BCUT2D eigenvalue weighted by molar-refractivity contribution is 4.97. The summed E-state index contributed by atoms with van der Waals surface area (Å²) in [5.41, 5.74) is 0.809. The van der Waals surface area contributed by atoms with E-state index < -0.39 is 0 Å². The number of hydrogen-bond acceptors (Lipinski definition) is 3. The van der Waals surface area contributed by atoms with Crippen molar-refractivity contribution in [2.24, 2.45) is 5.41 Å². The zero-order valence-corrected chi connectivity index (χ0v) is 9.71. The van der Waals surface area contributed by atoms with Crippen LogP contribution in [0.15, 0.2) is 6.33 Å². The first-order valence-electron chi connectivity index (χ1n) is 6.44. The summed E-state index contributed by atoms with van der Waals surface area (Å²) in [6.45, 7) is 1.02. The van der Waals surface area contributed by atoms with Gasteiger partial charge in [-0.2, -0.15) is 5.10 Å². The Hall–Kier alpha value is -0.900. The van der Waals surface area contributed by atoms with Gasteiger partial charge in [-0.1, -0.05) is 0 Å². The van der Waals surface area contributed by atoms with Gasteiger partial charge in [0.1, 0.15) is 12.2 Å². The molecule has 2 N–H and O–H groups in total. The summed E-state index contributed by atoms with van der Waals surface area (Å²) >= 11 is 0. The van der Waals surface area contributed by atoms with Crippen LogP contribution in [-0.2, 0) is 6.42 Å². The van der Waals surface area contributed by atoms with E-state index in [1.165, 1.54) is 38.5 Å². The fourth-order valence-corrected chi connectivity index (χ4v) is 2.86. The minimum atomic E-state index is 0.745. The maximum atomic E-state index is 4.13. The summed E-state index contributed by atoms with van der Waals surface area (Å²) in [4.78, 5) is 4.13. The Balaban J connectivity index is 1.36. The lowest BCUT2D eigenvalue weighted by atomic mass is 9.83. The molecule has 3 rings (SSSR count). The molecule has 0 saturated heterocycles. The average Bonchev–Trinajstić information content (AvgIpc) is 2.87. The third kappa shape index (κ3) is 2.26. The highest BCUT2D eigenvalue weighted by atomic mass is 15.2. The smallest absolute Gasteiger partial charge is 0.137 e. The molecule has 2 fully saturated rings. The molecule has 1 spiro atoms. The normalized spacial score (nSPS) is 23.8. The lowest BCUT2D eigenvalue weighted by Crippen LogP contribution is -2.35. The molecule has 2 aliphatic carbocycles. The van der Waals surface area contributed by atoms with Gasteiger partial charge in [-0.15, -0.1) is 0 Å². The Morgan fingerprint density at radius 3 is 2.75 bits per heavy atom. The van der Waals surface area contributed by atoms with E-state index in [1.54, 1.807) is 6.33 Å². The van der Waals surface area contributed by atoms with Gasteiger partial charge in [-0.3, -0.25) is 5.10 Å². The van der Waals surface area contributed by atoms with Gasteiger partial charge in [0.25, 0.3) is 0 Å². The van der Waals surface area contributed by atoms with E-state index in [-0.39, 0.29) is 0 Å².